The molecule has 20 heavy (non-hydrogen) atoms. The van der Waals surface area contributed by atoms with Crippen LogP contribution in [0, 0.1) is 6.92 Å². The highest BCUT2D eigenvalue weighted by Crippen LogP contribution is 2.26. The molecule has 0 aliphatic rings. The molecule has 0 bridgehead atoms. The molecule has 104 valence electrons. The van der Waals surface area contributed by atoms with Gasteiger partial charge in [0.1, 0.15) is 0 Å². The Bertz CT molecular complexity index is 665. The molecule has 2 rings (SSSR count). The first-order valence-electron chi connectivity index (χ1n) is 5.98. The summed E-state index contributed by atoms with van der Waals surface area (Å²) >= 11 is -2.01. The zero-order valence-corrected chi connectivity index (χ0v) is 11.7. The maximum Gasteiger partial charge on any atom is 0.335 e. The molecule has 0 fully saturated rings. The number of carboxylic acid groups (broad SMARTS) is 1. The van der Waals surface area contributed by atoms with Crippen molar-refractivity contribution >= 4 is 17.0 Å². The van der Waals surface area contributed by atoms with Crippen LogP contribution >= 0.6 is 0 Å². The van der Waals surface area contributed by atoms with E-state index in [0.29, 0.717) is 11.1 Å². The van der Waals surface area contributed by atoms with Crippen LogP contribution in [0.1, 0.15) is 21.5 Å². The Balaban J connectivity index is 2.61. The number of carbonyl (C=O) groups is 1. The predicted octanol–water partition coefficient (Wildman–Crippen LogP) is 3.08. The molecule has 0 amide bonds. The Kier molecular flexibility index (Phi) is 4.32. The second-order valence-corrected chi connectivity index (χ2v) is 5.38. The number of hydrogen-bond acceptors (Lipinski definition) is 2. The fourth-order valence-electron chi connectivity index (χ4n) is 2.08. The number of hydrogen-bond donors (Lipinski definition) is 2. The van der Waals surface area contributed by atoms with Crippen LogP contribution in [0.4, 0.5) is 0 Å². The molecule has 0 aliphatic heterocycles. The van der Waals surface area contributed by atoms with Crippen LogP contribution in [0.3, 0.4) is 0 Å². The van der Waals surface area contributed by atoms with Crippen LogP contribution in [0.15, 0.2) is 42.5 Å². The van der Waals surface area contributed by atoms with E-state index in [1.54, 1.807) is 19.1 Å². The summed E-state index contributed by atoms with van der Waals surface area (Å²) in [5.74, 6) is -1.11. The van der Waals surface area contributed by atoms with Gasteiger partial charge >= 0.3 is 5.97 Å². The Morgan fingerprint density at radius 3 is 2.35 bits per heavy atom. The van der Waals surface area contributed by atoms with Crippen molar-refractivity contribution in [3.63, 3.8) is 0 Å². The number of benzene rings is 2. The lowest BCUT2D eigenvalue weighted by Gasteiger charge is -2.11. The highest BCUT2D eigenvalue weighted by atomic mass is 32.2. The summed E-state index contributed by atoms with van der Waals surface area (Å²) in [7, 11) is 0. The Hall–Kier alpha value is -1.98. The number of carboxylic acids is 1. The minimum absolute atomic E-state index is 0.0766. The normalized spacial score (nSPS) is 12.1. The van der Waals surface area contributed by atoms with Crippen molar-refractivity contribution in [2.24, 2.45) is 0 Å². The standard InChI is InChI=1S/C15H14O4S/c1-10-13(9-20(18)19)7-12(8-14(10)15(16)17)11-5-3-2-4-6-11/h2-8H,9H2,1H3,(H,16,17)(H,18,19). The van der Waals surface area contributed by atoms with Crippen molar-refractivity contribution in [1.29, 1.82) is 0 Å². The van der Waals surface area contributed by atoms with Gasteiger partial charge in [-0.05, 0) is 41.3 Å². The van der Waals surface area contributed by atoms with E-state index >= 15 is 0 Å². The van der Waals surface area contributed by atoms with Crippen molar-refractivity contribution in [2.75, 3.05) is 0 Å². The summed E-state index contributed by atoms with van der Waals surface area (Å²) in [4.78, 5) is 11.3. The first-order valence-corrected chi connectivity index (χ1v) is 7.26. The SMILES string of the molecule is Cc1c(CS(=O)O)cc(-c2ccccc2)cc1C(=O)O. The van der Waals surface area contributed by atoms with E-state index in [9.17, 15) is 14.1 Å². The van der Waals surface area contributed by atoms with Gasteiger partial charge < -0.3 is 9.66 Å². The van der Waals surface area contributed by atoms with Crippen molar-refractivity contribution in [2.45, 2.75) is 12.7 Å². The highest BCUT2D eigenvalue weighted by Gasteiger charge is 2.14. The summed E-state index contributed by atoms with van der Waals surface area (Å²) < 4.78 is 20.1. The molecule has 0 aromatic heterocycles. The second kappa shape index (κ2) is 5.98. The minimum atomic E-state index is -2.01. The molecule has 0 heterocycles. The predicted molar refractivity (Wildman–Crippen MR) is 78.0 cm³/mol. The maximum atomic E-state index is 11.3. The van der Waals surface area contributed by atoms with Crippen molar-refractivity contribution in [3.05, 3.63) is 59.2 Å². The molecule has 0 saturated carbocycles. The van der Waals surface area contributed by atoms with Crippen molar-refractivity contribution < 1.29 is 18.7 Å². The summed E-state index contributed by atoms with van der Waals surface area (Å²) in [6.45, 7) is 1.65. The van der Waals surface area contributed by atoms with E-state index in [-0.39, 0.29) is 11.3 Å². The van der Waals surface area contributed by atoms with Crippen LogP contribution in [-0.2, 0) is 16.8 Å². The molecule has 1 unspecified atom stereocenters. The Morgan fingerprint density at radius 2 is 1.80 bits per heavy atom. The molecule has 2 N–H and O–H groups in total. The highest BCUT2D eigenvalue weighted by molar-refractivity contribution is 7.78. The van der Waals surface area contributed by atoms with Crippen molar-refractivity contribution in [3.8, 4) is 11.1 Å². The fraction of sp³-hybridized carbons (Fsp3) is 0.133. The summed E-state index contributed by atoms with van der Waals surface area (Å²) in [5, 5.41) is 9.26. The van der Waals surface area contributed by atoms with Crippen LogP contribution < -0.4 is 0 Å². The largest absolute Gasteiger partial charge is 0.478 e. The number of rotatable bonds is 4. The molecule has 2 aromatic rings. The molecule has 0 aliphatic carbocycles. The lowest BCUT2D eigenvalue weighted by molar-refractivity contribution is 0.0696. The molecule has 0 radical (unpaired) electrons. The molecule has 2 aromatic carbocycles. The van der Waals surface area contributed by atoms with Gasteiger partial charge in [-0.3, -0.25) is 0 Å². The average Bonchev–Trinajstić information content (AvgIpc) is 2.41. The van der Waals surface area contributed by atoms with Gasteiger partial charge in [0.25, 0.3) is 0 Å². The third kappa shape index (κ3) is 3.12. The third-order valence-corrected chi connectivity index (χ3v) is 3.69. The summed E-state index contributed by atoms with van der Waals surface area (Å²) in [5.41, 5.74) is 2.87. The zero-order chi connectivity index (χ0) is 14.7. The Labute approximate surface area is 119 Å². The molecule has 1 atom stereocenters. The van der Waals surface area contributed by atoms with Crippen LogP contribution in [0.5, 0.6) is 0 Å². The van der Waals surface area contributed by atoms with Gasteiger partial charge in [0.05, 0.1) is 11.3 Å². The van der Waals surface area contributed by atoms with E-state index in [2.05, 4.69) is 0 Å². The van der Waals surface area contributed by atoms with Gasteiger partial charge in [-0.1, -0.05) is 30.3 Å². The third-order valence-electron chi connectivity index (χ3n) is 3.13. The molecular formula is C15H14O4S. The molecular weight excluding hydrogens is 276 g/mol. The Morgan fingerprint density at radius 1 is 1.15 bits per heavy atom. The van der Waals surface area contributed by atoms with Crippen LogP contribution in [0.25, 0.3) is 11.1 Å². The lowest BCUT2D eigenvalue weighted by atomic mass is 9.96. The van der Waals surface area contributed by atoms with E-state index in [0.717, 1.165) is 11.1 Å². The first kappa shape index (κ1) is 14.4. The molecule has 5 heteroatoms. The van der Waals surface area contributed by atoms with Gasteiger partial charge in [0, 0.05) is 0 Å². The van der Waals surface area contributed by atoms with E-state index in [1.807, 2.05) is 30.3 Å². The first-order chi connectivity index (χ1) is 9.49. The smallest absolute Gasteiger partial charge is 0.335 e. The van der Waals surface area contributed by atoms with Gasteiger partial charge in [0.2, 0.25) is 0 Å². The van der Waals surface area contributed by atoms with Gasteiger partial charge in [-0.2, -0.15) is 0 Å². The fourth-order valence-corrected chi connectivity index (χ4v) is 2.64. The lowest BCUT2D eigenvalue weighted by Crippen LogP contribution is -2.05. The quantitative estimate of drug-likeness (QED) is 0.849. The zero-order valence-electron chi connectivity index (χ0n) is 10.9. The van der Waals surface area contributed by atoms with E-state index < -0.39 is 17.0 Å². The molecule has 0 spiro atoms. The average molecular weight is 290 g/mol. The number of aromatic carboxylic acids is 1. The van der Waals surface area contributed by atoms with Crippen LogP contribution in [-0.4, -0.2) is 19.8 Å². The van der Waals surface area contributed by atoms with Gasteiger partial charge in [-0.25, -0.2) is 9.00 Å². The molecule has 4 nitrogen and oxygen atoms in total. The summed E-state index contributed by atoms with van der Waals surface area (Å²) in [6.07, 6.45) is 0. The monoisotopic (exact) mass is 290 g/mol. The van der Waals surface area contributed by atoms with Gasteiger partial charge in [-0.15, -0.1) is 0 Å². The summed E-state index contributed by atoms with van der Waals surface area (Å²) in [6, 6.07) is 12.7. The van der Waals surface area contributed by atoms with E-state index in [1.165, 1.54) is 0 Å². The second-order valence-electron chi connectivity index (χ2n) is 4.44. The van der Waals surface area contributed by atoms with Gasteiger partial charge in [0.15, 0.2) is 11.1 Å². The topological polar surface area (TPSA) is 74.6 Å². The van der Waals surface area contributed by atoms with Crippen molar-refractivity contribution in [1.82, 2.24) is 0 Å². The maximum absolute atomic E-state index is 11.3. The van der Waals surface area contributed by atoms with Crippen LogP contribution in [0.2, 0.25) is 0 Å². The molecule has 0 saturated heterocycles. The minimum Gasteiger partial charge on any atom is -0.478 e. The van der Waals surface area contributed by atoms with E-state index in [4.69, 9.17) is 4.55 Å².